The zero-order valence-corrected chi connectivity index (χ0v) is 25.2. The van der Waals surface area contributed by atoms with Gasteiger partial charge in [0.05, 0.1) is 6.04 Å². The number of rotatable bonds is 7. The number of likely N-dealkylation sites (tertiary alicyclic amines) is 1. The molecule has 0 saturated carbocycles. The molecule has 0 bridgehead atoms. The minimum atomic E-state index is 0.00554. The topological polar surface area (TPSA) is 39.7 Å². The molecule has 3 heterocycles. The van der Waals surface area contributed by atoms with E-state index in [4.69, 9.17) is 4.98 Å². The van der Waals surface area contributed by atoms with Gasteiger partial charge < -0.3 is 9.80 Å². The third-order valence-corrected chi connectivity index (χ3v) is 8.18. The van der Waals surface area contributed by atoms with Crippen molar-refractivity contribution in [1.82, 2.24) is 19.7 Å². The Hall–Kier alpha value is -2.68. The number of amides is 1. The molecule has 1 aromatic heterocycles. The van der Waals surface area contributed by atoms with Crippen LogP contribution in [0.1, 0.15) is 83.2 Å². The van der Waals surface area contributed by atoms with Crippen LogP contribution in [0.5, 0.6) is 0 Å². The number of hydrogen-bond donors (Lipinski definition) is 0. The molecule has 5 heteroatoms. The van der Waals surface area contributed by atoms with Gasteiger partial charge in [-0.2, -0.15) is 0 Å². The maximum Gasteiger partial charge on any atom is 0.223 e. The minimum Gasteiger partial charge on any atom is -0.337 e. The highest BCUT2D eigenvalue weighted by atomic mass is 16.2. The molecule has 2 fully saturated rings. The van der Waals surface area contributed by atoms with Gasteiger partial charge in [0.1, 0.15) is 0 Å². The van der Waals surface area contributed by atoms with Crippen molar-refractivity contribution in [2.45, 2.75) is 78.8 Å². The van der Waals surface area contributed by atoms with Crippen LogP contribution in [0.2, 0.25) is 0 Å². The molecule has 2 aliphatic heterocycles. The monoisotopic (exact) mass is 530 g/mol. The molecule has 0 radical (unpaired) electrons. The van der Waals surface area contributed by atoms with E-state index in [9.17, 15) is 4.79 Å². The van der Waals surface area contributed by atoms with Gasteiger partial charge in [-0.3, -0.25) is 14.7 Å². The lowest BCUT2D eigenvalue weighted by Gasteiger charge is -2.49. The van der Waals surface area contributed by atoms with E-state index in [1.165, 1.54) is 11.1 Å². The van der Waals surface area contributed by atoms with Crippen molar-refractivity contribution in [3.05, 3.63) is 65.5 Å². The first-order valence-corrected chi connectivity index (χ1v) is 14.8. The molecular weight excluding hydrogens is 480 g/mol. The van der Waals surface area contributed by atoms with Gasteiger partial charge in [-0.1, -0.05) is 70.5 Å². The average molecular weight is 531 g/mol. The molecule has 2 saturated heterocycles. The first-order valence-electron chi connectivity index (χ1n) is 14.8. The number of carbonyl (C=O) groups excluding carboxylic acids is 1. The number of hydrogen-bond acceptors (Lipinski definition) is 4. The molecule has 2 unspecified atom stereocenters. The molecular formula is C34H50N4O. The fraction of sp³-hybridized carbons (Fsp3) is 0.588. The zero-order chi connectivity index (χ0) is 28.4. The van der Waals surface area contributed by atoms with Gasteiger partial charge in [0, 0.05) is 44.0 Å². The fourth-order valence-electron chi connectivity index (χ4n) is 5.96. The van der Waals surface area contributed by atoms with Crippen molar-refractivity contribution in [3.8, 4) is 12.3 Å². The molecule has 1 amide bonds. The lowest BCUT2D eigenvalue weighted by Crippen LogP contribution is -2.60. The quantitative estimate of drug-likeness (QED) is 0.408. The standard InChI is InChI=1S/C31H46N4O.C3H4/c1-6-10-27-14-13-26(22-32-27)30(25-11-8-7-9-12-25)34-19-20-35(28(23-34)31(2,3)4)29(36)21-24-15-17-33(5)18-16-24;1-3-2/h7-9,11-14,22,24,28,30H,6,10,15-21,23H2,1-5H3;1H,2H3. The summed E-state index contributed by atoms with van der Waals surface area (Å²) in [5.74, 6) is 3.13. The van der Waals surface area contributed by atoms with E-state index in [0.29, 0.717) is 18.2 Å². The van der Waals surface area contributed by atoms with Crippen LogP contribution >= 0.6 is 0 Å². The molecule has 0 aliphatic carbocycles. The molecule has 212 valence electrons. The molecule has 4 rings (SSSR count). The molecule has 39 heavy (non-hydrogen) atoms. The highest BCUT2D eigenvalue weighted by Gasteiger charge is 2.40. The van der Waals surface area contributed by atoms with Crippen LogP contribution in [0.4, 0.5) is 0 Å². The van der Waals surface area contributed by atoms with E-state index in [1.54, 1.807) is 6.92 Å². The lowest BCUT2D eigenvalue weighted by atomic mass is 9.82. The molecule has 2 aromatic rings. The van der Waals surface area contributed by atoms with E-state index in [-0.39, 0.29) is 17.5 Å². The number of terminal acetylenes is 1. The number of piperazine rings is 1. The minimum absolute atomic E-state index is 0.00554. The molecule has 1 aromatic carbocycles. The number of piperidine rings is 1. The van der Waals surface area contributed by atoms with Gasteiger partial charge in [-0.05, 0) is 74.8 Å². The summed E-state index contributed by atoms with van der Waals surface area (Å²) >= 11 is 0. The second kappa shape index (κ2) is 14.6. The van der Waals surface area contributed by atoms with Crippen LogP contribution in [0.15, 0.2) is 48.7 Å². The van der Waals surface area contributed by atoms with Crippen molar-refractivity contribution in [2.75, 3.05) is 39.8 Å². The summed E-state index contributed by atoms with van der Waals surface area (Å²) in [7, 11) is 2.18. The Labute approximate surface area is 238 Å². The van der Waals surface area contributed by atoms with Crippen LogP contribution in [0.25, 0.3) is 0 Å². The Balaban J connectivity index is 0.00000134. The van der Waals surface area contributed by atoms with E-state index in [2.05, 4.69) is 110 Å². The summed E-state index contributed by atoms with van der Waals surface area (Å²) in [5, 5.41) is 0. The number of aromatic nitrogens is 1. The first kappa shape index (κ1) is 30.9. The van der Waals surface area contributed by atoms with Crippen molar-refractivity contribution in [2.24, 2.45) is 11.3 Å². The van der Waals surface area contributed by atoms with E-state index in [1.807, 2.05) is 0 Å². The van der Waals surface area contributed by atoms with Gasteiger partial charge in [-0.15, -0.1) is 12.3 Å². The van der Waals surface area contributed by atoms with Crippen molar-refractivity contribution in [3.63, 3.8) is 0 Å². The predicted octanol–water partition coefficient (Wildman–Crippen LogP) is 6.05. The Morgan fingerprint density at radius 2 is 1.72 bits per heavy atom. The number of nitrogens with zero attached hydrogens (tertiary/aromatic N) is 4. The van der Waals surface area contributed by atoms with Crippen molar-refractivity contribution >= 4 is 5.91 Å². The van der Waals surface area contributed by atoms with Crippen molar-refractivity contribution in [1.29, 1.82) is 0 Å². The fourth-order valence-corrected chi connectivity index (χ4v) is 5.96. The maximum absolute atomic E-state index is 13.6. The lowest BCUT2D eigenvalue weighted by molar-refractivity contribution is -0.141. The third-order valence-electron chi connectivity index (χ3n) is 8.18. The normalized spacial score (nSPS) is 20.0. The molecule has 2 aliphatic rings. The van der Waals surface area contributed by atoms with Gasteiger partial charge >= 0.3 is 0 Å². The highest BCUT2D eigenvalue weighted by Crippen LogP contribution is 2.35. The Morgan fingerprint density at radius 1 is 1.05 bits per heavy atom. The summed E-state index contributed by atoms with van der Waals surface area (Å²) in [4.78, 5) is 25.6. The summed E-state index contributed by atoms with van der Waals surface area (Å²) in [6.45, 7) is 15.5. The molecule has 0 N–H and O–H groups in total. The molecule has 2 atom stereocenters. The van der Waals surface area contributed by atoms with Crippen LogP contribution in [0, 0.1) is 23.7 Å². The predicted molar refractivity (Wildman–Crippen MR) is 162 cm³/mol. The Morgan fingerprint density at radius 3 is 2.28 bits per heavy atom. The first-order chi connectivity index (χ1) is 18.7. The van der Waals surface area contributed by atoms with Gasteiger partial charge in [0.25, 0.3) is 0 Å². The Bertz CT molecular complexity index is 1050. The maximum atomic E-state index is 13.6. The smallest absolute Gasteiger partial charge is 0.223 e. The summed E-state index contributed by atoms with van der Waals surface area (Å²) in [6, 6.07) is 15.6. The number of aryl methyl sites for hydroxylation is 1. The van der Waals surface area contributed by atoms with Crippen LogP contribution in [-0.2, 0) is 11.2 Å². The Kier molecular flexibility index (Phi) is 11.6. The SMILES string of the molecule is C#CC.CCCc1ccc(C(c2ccccc2)N2CCN(C(=O)CC3CCN(C)CC3)C(C(C)(C)C)C2)cn1. The highest BCUT2D eigenvalue weighted by molar-refractivity contribution is 5.77. The van der Waals surface area contributed by atoms with Crippen LogP contribution in [0.3, 0.4) is 0 Å². The second-order valence-electron chi connectivity index (χ2n) is 12.3. The second-order valence-corrected chi connectivity index (χ2v) is 12.3. The number of carbonyl (C=O) groups is 1. The average Bonchev–Trinajstić information content (AvgIpc) is 2.92. The summed E-state index contributed by atoms with van der Waals surface area (Å²) in [6.07, 6.45) is 11.8. The van der Waals surface area contributed by atoms with E-state index < -0.39 is 0 Å². The third kappa shape index (κ3) is 8.65. The molecule has 5 nitrogen and oxygen atoms in total. The van der Waals surface area contributed by atoms with E-state index in [0.717, 1.165) is 64.1 Å². The summed E-state index contributed by atoms with van der Waals surface area (Å²) < 4.78 is 0. The summed E-state index contributed by atoms with van der Waals surface area (Å²) in [5.41, 5.74) is 3.69. The van der Waals surface area contributed by atoms with Crippen LogP contribution in [-0.4, -0.2) is 71.4 Å². The van der Waals surface area contributed by atoms with Gasteiger partial charge in [-0.25, -0.2) is 0 Å². The van der Waals surface area contributed by atoms with Crippen molar-refractivity contribution < 1.29 is 4.79 Å². The van der Waals surface area contributed by atoms with Gasteiger partial charge in [0.2, 0.25) is 5.91 Å². The number of benzene rings is 1. The van der Waals surface area contributed by atoms with E-state index >= 15 is 0 Å². The zero-order valence-electron chi connectivity index (χ0n) is 25.2. The largest absolute Gasteiger partial charge is 0.337 e. The number of pyridine rings is 1. The van der Waals surface area contributed by atoms with Crippen LogP contribution < -0.4 is 0 Å². The molecule has 0 spiro atoms. The van der Waals surface area contributed by atoms with Gasteiger partial charge in [0.15, 0.2) is 0 Å².